The predicted octanol–water partition coefficient (Wildman–Crippen LogP) is -4.34. The molecule has 0 aromatic heterocycles. The van der Waals surface area contributed by atoms with Crippen LogP contribution in [0.4, 0.5) is 0 Å². The summed E-state index contributed by atoms with van der Waals surface area (Å²) in [6.45, 7) is -0.407. The Morgan fingerprint density at radius 2 is 2.00 bits per heavy atom. The zero-order valence-corrected chi connectivity index (χ0v) is 9.83. The third kappa shape index (κ3) is 3.53. The Kier molecular flexibility index (Phi) is 5.05. The van der Waals surface area contributed by atoms with Crippen molar-refractivity contribution >= 4 is 18.5 Å². The fourth-order valence-corrected chi connectivity index (χ4v) is 1.32. The van der Waals surface area contributed by atoms with Crippen molar-refractivity contribution in [3.05, 3.63) is 0 Å². The molecule has 2 aliphatic heterocycles. The molecule has 2 aliphatic rings. The molecule has 0 aromatic rings. The number of carbonyl (C=O) groups excluding carboxylic acids is 1. The number of carbonyl (C=O) groups is 1. The Balaban J connectivity index is 0.000000191. The first-order chi connectivity index (χ1) is 8.81. The van der Waals surface area contributed by atoms with Crippen LogP contribution in [-0.4, -0.2) is 75.8 Å². The largest absolute Gasteiger partial charge is 0.394 e. The maximum atomic E-state index is 10.4. The molecule has 1 saturated heterocycles. The highest BCUT2D eigenvalue weighted by atomic mass is 16.6. The van der Waals surface area contributed by atoms with Crippen molar-refractivity contribution in [3.63, 3.8) is 0 Å². The minimum Gasteiger partial charge on any atom is -0.394 e. The van der Waals surface area contributed by atoms with E-state index >= 15 is 0 Å². The minimum atomic E-state index is -1.39. The normalized spacial score (nSPS) is 40.1. The van der Waals surface area contributed by atoms with Crippen molar-refractivity contribution < 1.29 is 30.0 Å². The second-order valence-corrected chi connectivity index (χ2v) is 3.94. The van der Waals surface area contributed by atoms with Crippen molar-refractivity contribution in [2.24, 2.45) is 21.5 Å². The van der Waals surface area contributed by atoms with Gasteiger partial charge in [-0.25, -0.2) is 9.98 Å². The molecule has 0 aromatic carbocycles. The van der Waals surface area contributed by atoms with Crippen LogP contribution in [0.1, 0.15) is 0 Å². The lowest BCUT2D eigenvalue weighted by atomic mass is 10.1. The van der Waals surface area contributed by atoms with E-state index in [1.165, 1.54) is 12.6 Å². The molecular formula is C9H16N4O6. The smallest absolute Gasteiger partial charge is 0.265 e. The van der Waals surface area contributed by atoms with Gasteiger partial charge in [0.25, 0.3) is 5.91 Å². The maximum absolute atomic E-state index is 10.4. The van der Waals surface area contributed by atoms with Crippen molar-refractivity contribution in [3.8, 4) is 0 Å². The van der Waals surface area contributed by atoms with E-state index in [-0.39, 0.29) is 0 Å². The number of aliphatic hydroxyl groups excluding tert-OH is 4. The first-order valence-electron chi connectivity index (χ1n) is 5.29. The Morgan fingerprint density at radius 1 is 1.37 bits per heavy atom. The van der Waals surface area contributed by atoms with Crippen molar-refractivity contribution in [1.82, 2.24) is 0 Å². The highest BCUT2D eigenvalue weighted by Gasteiger charge is 2.41. The van der Waals surface area contributed by atoms with Crippen LogP contribution in [0.2, 0.25) is 0 Å². The van der Waals surface area contributed by atoms with Crippen molar-refractivity contribution in [2.45, 2.75) is 30.3 Å². The molecule has 0 saturated carbocycles. The van der Waals surface area contributed by atoms with Crippen LogP contribution in [-0.2, 0) is 9.53 Å². The van der Waals surface area contributed by atoms with Gasteiger partial charge in [-0.15, -0.1) is 0 Å². The SMILES string of the molecule is NC(=O)C1(N)C=NC=N1.OC[C@H]1OC(O)[C@H](O)[C@@H]1O. The minimum absolute atomic E-state index is 0.407. The number of hydrogen-bond donors (Lipinski definition) is 6. The number of rotatable bonds is 2. The van der Waals surface area contributed by atoms with E-state index in [2.05, 4.69) is 14.7 Å². The highest BCUT2D eigenvalue weighted by molar-refractivity contribution is 6.06. The van der Waals surface area contributed by atoms with Gasteiger partial charge in [0.05, 0.1) is 12.8 Å². The van der Waals surface area contributed by atoms with Crippen molar-refractivity contribution in [1.29, 1.82) is 0 Å². The fraction of sp³-hybridized carbons (Fsp3) is 0.667. The first-order valence-corrected chi connectivity index (χ1v) is 5.29. The summed E-state index contributed by atoms with van der Waals surface area (Å²) in [5.41, 5.74) is 8.75. The van der Waals surface area contributed by atoms with Crippen LogP contribution < -0.4 is 11.5 Å². The molecule has 1 amide bonds. The van der Waals surface area contributed by atoms with Crippen LogP contribution in [0.25, 0.3) is 0 Å². The van der Waals surface area contributed by atoms with Gasteiger partial charge >= 0.3 is 0 Å². The lowest BCUT2D eigenvalue weighted by Gasteiger charge is -2.09. The summed E-state index contributed by atoms with van der Waals surface area (Å²) in [6, 6.07) is 0. The number of nitrogens with two attached hydrogens (primary N) is 2. The molecule has 10 heteroatoms. The molecule has 2 unspecified atom stereocenters. The van der Waals surface area contributed by atoms with Gasteiger partial charge in [0.2, 0.25) is 5.66 Å². The monoisotopic (exact) mass is 276 g/mol. The van der Waals surface area contributed by atoms with Gasteiger partial charge in [-0.2, -0.15) is 0 Å². The van der Waals surface area contributed by atoms with Gasteiger partial charge in [0, 0.05) is 0 Å². The summed E-state index contributed by atoms with van der Waals surface area (Å²) in [6.07, 6.45) is -2.35. The summed E-state index contributed by atoms with van der Waals surface area (Å²) in [4.78, 5) is 17.5. The summed E-state index contributed by atoms with van der Waals surface area (Å²) in [5.74, 6) is -0.694. The van der Waals surface area contributed by atoms with E-state index in [9.17, 15) is 4.79 Å². The molecule has 108 valence electrons. The predicted molar refractivity (Wildman–Crippen MR) is 63.1 cm³/mol. The number of aliphatic hydroxyl groups is 4. The lowest BCUT2D eigenvalue weighted by Crippen LogP contribution is -2.50. The molecule has 19 heavy (non-hydrogen) atoms. The van der Waals surface area contributed by atoms with Gasteiger partial charge in [0.15, 0.2) is 6.29 Å². The molecule has 2 heterocycles. The van der Waals surface area contributed by atoms with Crippen LogP contribution in [0.15, 0.2) is 9.98 Å². The van der Waals surface area contributed by atoms with E-state index in [1.54, 1.807) is 0 Å². The fourth-order valence-electron chi connectivity index (χ4n) is 1.32. The standard InChI is InChI=1S/C5H10O5.C4H6N4O/c6-1-2-3(7)4(8)5(9)10-2;5-3(9)4(6)1-7-2-8-4/h2-9H,1H2;1-2H,6H2,(H2,5,9)/t2-,3-,4-,5?;/m1./s1. The molecule has 0 radical (unpaired) electrons. The van der Waals surface area contributed by atoms with E-state index in [4.69, 9.17) is 31.9 Å². The van der Waals surface area contributed by atoms with Crippen LogP contribution in [0.3, 0.4) is 0 Å². The Labute approximate surface area is 108 Å². The lowest BCUT2D eigenvalue weighted by molar-refractivity contribution is -0.132. The van der Waals surface area contributed by atoms with Gasteiger partial charge in [-0.05, 0) is 0 Å². The molecule has 0 bridgehead atoms. The Hall–Kier alpha value is -1.43. The highest BCUT2D eigenvalue weighted by Crippen LogP contribution is 2.18. The Bertz CT molecular complexity index is 375. The first kappa shape index (κ1) is 15.6. The quantitative estimate of drug-likeness (QED) is 0.294. The number of ether oxygens (including phenoxy) is 1. The Morgan fingerprint density at radius 3 is 2.21 bits per heavy atom. The number of nitrogens with zero attached hydrogens (tertiary/aromatic N) is 2. The number of aliphatic imine (C=N–C) groups is 2. The molecule has 5 atom stereocenters. The van der Waals surface area contributed by atoms with Crippen LogP contribution >= 0.6 is 0 Å². The average Bonchev–Trinajstić information content (AvgIpc) is 2.91. The molecule has 10 nitrogen and oxygen atoms in total. The van der Waals surface area contributed by atoms with Crippen LogP contribution in [0.5, 0.6) is 0 Å². The van der Waals surface area contributed by atoms with Gasteiger partial charge in [-0.3, -0.25) is 10.5 Å². The molecule has 0 spiro atoms. The zero-order valence-electron chi connectivity index (χ0n) is 9.83. The second kappa shape index (κ2) is 6.14. The summed E-state index contributed by atoms with van der Waals surface area (Å²) < 4.78 is 4.54. The molecule has 1 fully saturated rings. The number of hydrogen-bond acceptors (Lipinski definition) is 9. The van der Waals surface area contributed by atoms with Gasteiger partial charge in [-0.1, -0.05) is 0 Å². The summed E-state index contributed by atoms with van der Waals surface area (Å²) in [5, 5.41) is 35.0. The third-order valence-corrected chi connectivity index (χ3v) is 2.52. The molecular weight excluding hydrogens is 260 g/mol. The third-order valence-electron chi connectivity index (χ3n) is 2.52. The van der Waals surface area contributed by atoms with E-state index in [0.29, 0.717) is 0 Å². The topological polar surface area (TPSA) is 184 Å². The maximum Gasteiger partial charge on any atom is 0.265 e. The number of amides is 1. The summed E-state index contributed by atoms with van der Waals surface area (Å²) in [7, 11) is 0. The van der Waals surface area contributed by atoms with Crippen molar-refractivity contribution in [2.75, 3.05) is 6.61 Å². The van der Waals surface area contributed by atoms with E-state index in [1.807, 2.05) is 0 Å². The zero-order chi connectivity index (χ0) is 14.6. The molecule has 8 N–H and O–H groups in total. The van der Waals surface area contributed by atoms with Crippen LogP contribution in [0, 0.1) is 0 Å². The van der Waals surface area contributed by atoms with Gasteiger partial charge in [0.1, 0.15) is 24.7 Å². The average molecular weight is 276 g/mol. The molecule has 0 aliphatic carbocycles. The van der Waals surface area contributed by atoms with E-state index < -0.39 is 42.8 Å². The summed E-state index contributed by atoms with van der Waals surface area (Å²) >= 11 is 0. The van der Waals surface area contributed by atoms with Gasteiger partial charge < -0.3 is 30.9 Å². The second-order valence-electron chi connectivity index (χ2n) is 3.94. The number of primary amides is 1. The molecule has 2 rings (SSSR count). The van der Waals surface area contributed by atoms with E-state index in [0.717, 1.165) is 0 Å².